The second-order valence-electron chi connectivity index (χ2n) is 13.1. The van der Waals surface area contributed by atoms with Gasteiger partial charge in [0.15, 0.2) is 11.6 Å². The molecule has 0 saturated heterocycles. The molecular weight excluding hydrogens is 637 g/mol. The first-order valence-electron chi connectivity index (χ1n) is 17.4. The fraction of sp³-hybridized carbons (Fsp3) is 0. The smallest absolute Gasteiger partial charge is 0.238 e. The number of fused-ring (bicyclic) bond motifs is 9. The van der Waals surface area contributed by atoms with Crippen LogP contribution in [0.1, 0.15) is 0 Å². The van der Waals surface area contributed by atoms with Crippen LogP contribution in [0.4, 0.5) is 0 Å². The van der Waals surface area contributed by atoms with Crippen LogP contribution in [0.15, 0.2) is 170 Å². The SMILES string of the molecule is c1ccc(-c2nc(-c3c4ccccc4nc4ccccc34)nc(-n3c4ccccc4c4ccc5c6ccccc6n(-c6ccccc6)c5c43)n2)cc1. The van der Waals surface area contributed by atoms with Crippen molar-refractivity contribution in [2.24, 2.45) is 0 Å². The molecule has 0 fully saturated rings. The van der Waals surface area contributed by atoms with Gasteiger partial charge in [-0.2, -0.15) is 9.97 Å². The van der Waals surface area contributed by atoms with E-state index in [0.29, 0.717) is 17.6 Å². The number of hydrogen-bond acceptors (Lipinski definition) is 4. The van der Waals surface area contributed by atoms with Crippen LogP contribution in [0, 0.1) is 0 Å². The van der Waals surface area contributed by atoms with Gasteiger partial charge in [0.05, 0.1) is 33.1 Å². The van der Waals surface area contributed by atoms with E-state index in [0.717, 1.165) is 71.5 Å². The maximum atomic E-state index is 5.44. The maximum Gasteiger partial charge on any atom is 0.238 e. The van der Waals surface area contributed by atoms with Crippen LogP contribution in [0.25, 0.3) is 99.8 Å². The van der Waals surface area contributed by atoms with Crippen LogP contribution < -0.4 is 0 Å². The van der Waals surface area contributed by atoms with Crippen molar-refractivity contribution in [3.05, 3.63) is 170 Å². The van der Waals surface area contributed by atoms with Crippen LogP contribution in [0.3, 0.4) is 0 Å². The lowest BCUT2D eigenvalue weighted by atomic mass is 10.0. The van der Waals surface area contributed by atoms with Gasteiger partial charge in [-0.1, -0.05) is 133 Å². The van der Waals surface area contributed by atoms with E-state index in [2.05, 4.69) is 149 Å². The molecule has 0 aliphatic rings. The van der Waals surface area contributed by atoms with E-state index in [1.807, 2.05) is 30.3 Å². The average molecular weight is 665 g/mol. The molecule has 4 aromatic heterocycles. The Kier molecular flexibility index (Phi) is 6.15. The zero-order valence-corrected chi connectivity index (χ0v) is 27.8. The number of pyridine rings is 1. The molecule has 4 heterocycles. The summed E-state index contributed by atoms with van der Waals surface area (Å²) in [5.41, 5.74) is 9.04. The molecule has 242 valence electrons. The number of para-hydroxylation sites is 5. The molecule has 0 saturated carbocycles. The van der Waals surface area contributed by atoms with Gasteiger partial charge in [0.2, 0.25) is 5.95 Å². The lowest BCUT2D eigenvalue weighted by Gasteiger charge is -2.15. The Morgan fingerprint density at radius 1 is 0.327 bits per heavy atom. The van der Waals surface area contributed by atoms with Gasteiger partial charge < -0.3 is 4.57 Å². The van der Waals surface area contributed by atoms with Crippen LogP contribution in [0.2, 0.25) is 0 Å². The van der Waals surface area contributed by atoms with E-state index in [9.17, 15) is 0 Å². The molecule has 0 aliphatic heterocycles. The molecular formula is C46H28N6. The molecule has 6 nitrogen and oxygen atoms in total. The van der Waals surface area contributed by atoms with E-state index >= 15 is 0 Å². The molecule has 11 rings (SSSR count). The molecule has 0 unspecified atom stereocenters. The molecule has 7 aromatic carbocycles. The Balaban J connectivity index is 1.33. The normalized spacial score (nSPS) is 11.8. The first-order valence-corrected chi connectivity index (χ1v) is 17.4. The first kappa shape index (κ1) is 28.6. The van der Waals surface area contributed by atoms with Crippen molar-refractivity contribution in [3.63, 3.8) is 0 Å². The molecule has 0 aliphatic carbocycles. The summed E-state index contributed by atoms with van der Waals surface area (Å²) >= 11 is 0. The van der Waals surface area contributed by atoms with Gasteiger partial charge in [0.1, 0.15) is 0 Å². The first-order chi connectivity index (χ1) is 25.8. The largest absolute Gasteiger partial charge is 0.307 e. The molecule has 0 amide bonds. The highest BCUT2D eigenvalue weighted by molar-refractivity contribution is 6.23. The van der Waals surface area contributed by atoms with Gasteiger partial charge >= 0.3 is 0 Å². The summed E-state index contributed by atoms with van der Waals surface area (Å²) in [6.45, 7) is 0. The van der Waals surface area contributed by atoms with Crippen molar-refractivity contribution in [2.75, 3.05) is 0 Å². The molecule has 0 atom stereocenters. The summed E-state index contributed by atoms with van der Waals surface area (Å²) < 4.78 is 4.63. The molecule has 52 heavy (non-hydrogen) atoms. The molecule has 11 aromatic rings. The van der Waals surface area contributed by atoms with E-state index in [1.54, 1.807) is 0 Å². The van der Waals surface area contributed by atoms with Crippen LogP contribution >= 0.6 is 0 Å². The second kappa shape index (κ2) is 11.2. The highest BCUT2D eigenvalue weighted by atomic mass is 15.2. The van der Waals surface area contributed by atoms with Crippen molar-refractivity contribution in [2.45, 2.75) is 0 Å². The summed E-state index contributed by atoms with van der Waals surface area (Å²) in [5, 5.41) is 6.60. The Morgan fingerprint density at radius 3 is 1.44 bits per heavy atom. The standard InChI is InChI=1S/C46H28N6/c1-3-15-29(16-4-1)44-48-45(41-35-21-7-11-23-37(35)47-38-24-12-8-22-36(38)41)50-46(49-44)52-40-26-14-10-20-32(40)34-28-27-33-31-19-9-13-25-39(31)51(42(33)43(34)52)30-17-5-2-6-18-30/h1-28H. The van der Waals surface area contributed by atoms with Gasteiger partial charge in [-0.15, -0.1) is 0 Å². The highest BCUT2D eigenvalue weighted by Gasteiger charge is 2.24. The minimum Gasteiger partial charge on any atom is -0.307 e. The topological polar surface area (TPSA) is 61.4 Å². The van der Waals surface area contributed by atoms with Crippen molar-refractivity contribution in [1.29, 1.82) is 0 Å². The number of rotatable bonds is 4. The molecule has 0 spiro atoms. The third-order valence-electron chi connectivity index (χ3n) is 10.1. The fourth-order valence-electron chi connectivity index (χ4n) is 7.93. The average Bonchev–Trinajstić information content (AvgIpc) is 3.74. The Labute approximate surface area is 297 Å². The Bertz CT molecular complexity index is 3120. The van der Waals surface area contributed by atoms with Crippen LogP contribution in [-0.2, 0) is 0 Å². The number of aromatic nitrogens is 6. The Hall–Kier alpha value is -7.18. The third-order valence-corrected chi connectivity index (χ3v) is 10.1. The van der Waals surface area contributed by atoms with Gasteiger partial charge in [-0.05, 0) is 36.4 Å². The minimum absolute atomic E-state index is 0.553. The van der Waals surface area contributed by atoms with Gasteiger partial charge in [-0.3, -0.25) is 4.57 Å². The monoisotopic (exact) mass is 664 g/mol. The van der Waals surface area contributed by atoms with Crippen molar-refractivity contribution < 1.29 is 0 Å². The van der Waals surface area contributed by atoms with Gasteiger partial charge in [-0.25, -0.2) is 9.97 Å². The summed E-state index contributed by atoms with van der Waals surface area (Å²) in [7, 11) is 0. The van der Waals surface area contributed by atoms with Crippen molar-refractivity contribution in [1.82, 2.24) is 29.1 Å². The summed E-state index contributed by atoms with van der Waals surface area (Å²) in [6.07, 6.45) is 0. The van der Waals surface area contributed by atoms with E-state index in [1.165, 1.54) is 10.8 Å². The molecule has 0 bridgehead atoms. The van der Waals surface area contributed by atoms with E-state index in [4.69, 9.17) is 19.9 Å². The number of benzene rings is 7. The lowest BCUT2D eigenvalue weighted by molar-refractivity contribution is 0.955. The number of hydrogen-bond donors (Lipinski definition) is 0. The van der Waals surface area contributed by atoms with Crippen molar-refractivity contribution in [3.8, 4) is 34.4 Å². The summed E-state index contributed by atoms with van der Waals surface area (Å²) in [4.78, 5) is 21.0. The quantitative estimate of drug-likeness (QED) is 0.176. The zero-order chi connectivity index (χ0) is 34.2. The van der Waals surface area contributed by atoms with E-state index < -0.39 is 0 Å². The zero-order valence-electron chi connectivity index (χ0n) is 27.8. The maximum absolute atomic E-state index is 5.44. The van der Waals surface area contributed by atoms with Crippen molar-refractivity contribution >= 4 is 65.4 Å². The summed E-state index contributed by atoms with van der Waals surface area (Å²) in [6, 6.07) is 59.0. The second-order valence-corrected chi connectivity index (χ2v) is 13.1. The third kappa shape index (κ3) is 4.18. The van der Waals surface area contributed by atoms with Gasteiger partial charge in [0.25, 0.3) is 0 Å². The Morgan fingerprint density at radius 2 is 0.808 bits per heavy atom. The predicted molar refractivity (Wildman–Crippen MR) is 212 cm³/mol. The lowest BCUT2D eigenvalue weighted by Crippen LogP contribution is -2.07. The molecule has 6 heteroatoms. The van der Waals surface area contributed by atoms with Crippen LogP contribution in [-0.4, -0.2) is 29.1 Å². The van der Waals surface area contributed by atoms with Gasteiger partial charge in [0, 0.05) is 49.1 Å². The van der Waals surface area contributed by atoms with E-state index in [-0.39, 0.29) is 0 Å². The fourth-order valence-corrected chi connectivity index (χ4v) is 7.93. The van der Waals surface area contributed by atoms with Crippen LogP contribution in [0.5, 0.6) is 0 Å². The minimum atomic E-state index is 0.553. The number of nitrogens with zero attached hydrogens (tertiary/aromatic N) is 6. The predicted octanol–water partition coefficient (Wildman–Crippen LogP) is 11.1. The highest BCUT2D eigenvalue weighted by Crippen LogP contribution is 2.42. The molecule has 0 N–H and O–H groups in total. The summed E-state index contributed by atoms with van der Waals surface area (Å²) in [5.74, 6) is 1.75. The molecule has 0 radical (unpaired) electrons.